The zero-order valence-corrected chi connectivity index (χ0v) is 16.7. The summed E-state index contributed by atoms with van der Waals surface area (Å²) in [7, 11) is 0. The first-order valence-electron chi connectivity index (χ1n) is 9.72. The highest BCUT2D eigenvalue weighted by molar-refractivity contribution is 7.10. The molecule has 1 aliphatic rings. The molecular formula is C22H27NO4S. The number of allylic oxidation sites excluding steroid dienone is 1. The Morgan fingerprint density at radius 2 is 2.07 bits per heavy atom. The molecule has 0 fully saturated rings. The van der Waals surface area contributed by atoms with Gasteiger partial charge in [-0.15, -0.1) is 11.3 Å². The molecule has 0 radical (unpaired) electrons. The molecule has 150 valence electrons. The van der Waals surface area contributed by atoms with E-state index in [9.17, 15) is 4.79 Å². The third-order valence-corrected chi connectivity index (χ3v) is 5.59. The number of thiophene rings is 1. The first-order chi connectivity index (χ1) is 13.8. The molecule has 1 aromatic heterocycles. The van der Waals surface area contributed by atoms with Crippen LogP contribution in [0.1, 0.15) is 35.6 Å². The van der Waals surface area contributed by atoms with Crippen molar-refractivity contribution >= 4 is 17.2 Å². The number of carbonyl (C=O) groups is 1. The molecule has 1 aromatic carbocycles. The second-order valence-corrected chi connectivity index (χ2v) is 7.71. The number of hydrogen-bond acceptors (Lipinski definition) is 5. The smallest absolute Gasteiger partial charge is 0.286 e. The summed E-state index contributed by atoms with van der Waals surface area (Å²) in [6, 6.07) is 14.2. The Labute approximate surface area is 170 Å². The van der Waals surface area contributed by atoms with Crippen molar-refractivity contribution in [3.63, 3.8) is 0 Å². The second-order valence-electron chi connectivity index (χ2n) is 6.73. The molecule has 5 nitrogen and oxygen atoms in total. The lowest BCUT2D eigenvalue weighted by molar-refractivity contribution is -0.146. The average Bonchev–Trinajstić information content (AvgIpc) is 3.27. The van der Waals surface area contributed by atoms with Crippen molar-refractivity contribution in [2.24, 2.45) is 0 Å². The van der Waals surface area contributed by atoms with Crippen molar-refractivity contribution in [2.45, 2.75) is 37.9 Å². The number of carbonyl (C=O) groups excluding carboxylic acids is 1. The van der Waals surface area contributed by atoms with Crippen molar-refractivity contribution in [2.75, 3.05) is 19.8 Å². The number of rotatable bonds is 10. The number of aliphatic hydroxyl groups excluding tert-OH is 1. The largest absolute Gasteiger partial charge is 0.459 e. The fourth-order valence-corrected chi connectivity index (χ4v) is 3.91. The molecule has 6 heteroatoms. The summed E-state index contributed by atoms with van der Waals surface area (Å²) >= 11 is 1.67. The van der Waals surface area contributed by atoms with Crippen molar-refractivity contribution in [1.29, 1.82) is 0 Å². The molecule has 0 saturated heterocycles. The van der Waals surface area contributed by atoms with Gasteiger partial charge in [0.05, 0.1) is 6.61 Å². The Hall–Kier alpha value is -2.15. The highest BCUT2D eigenvalue weighted by Crippen LogP contribution is 2.33. The van der Waals surface area contributed by atoms with Gasteiger partial charge in [0.2, 0.25) is 6.29 Å². The van der Waals surface area contributed by atoms with Crippen molar-refractivity contribution < 1.29 is 19.4 Å². The molecule has 0 saturated carbocycles. The van der Waals surface area contributed by atoms with Gasteiger partial charge in [-0.05, 0) is 42.3 Å². The predicted molar refractivity (Wildman–Crippen MR) is 110 cm³/mol. The summed E-state index contributed by atoms with van der Waals surface area (Å²) in [5.41, 5.74) is 1.18. The van der Waals surface area contributed by atoms with E-state index in [0.29, 0.717) is 31.8 Å². The minimum Gasteiger partial charge on any atom is -0.459 e. The lowest BCUT2D eigenvalue weighted by Gasteiger charge is -2.28. The van der Waals surface area contributed by atoms with Crippen LogP contribution in [-0.4, -0.2) is 37.1 Å². The lowest BCUT2D eigenvalue weighted by atomic mass is 9.99. The van der Waals surface area contributed by atoms with Gasteiger partial charge in [-0.25, -0.2) is 0 Å². The van der Waals surface area contributed by atoms with E-state index >= 15 is 0 Å². The van der Waals surface area contributed by atoms with E-state index in [-0.39, 0.29) is 18.4 Å². The normalized spacial score (nSPS) is 19.0. The number of benzene rings is 1. The Bertz CT molecular complexity index is 745. The van der Waals surface area contributed by atoms with Gasteiger partial charge in [-0.3, -0.25) is 4.79 Å². The third kappa shape index (κ3) is 6.19. The third-order valence-electron chi connectivity index (χ3n) is 4.59. The summed E-state index contributed by atoms with van der Waals surface area (Å²) in [5, 5.41) is 13.9. The van der Waals surface area contributed by atoms with Gasteiger partial charge in [0, 0.05) is 30.4 Å². The number of amides is 1. The van der Waals surface area contributed by atoms with Crippen LogP contribution in [0.3, 0.4) is 0 Å². The topological polar surface area (TPSA) is 67.8 Å². The highest BCUT2D eigenvalue weighted by Gasteiger charge is 2.29. The first kappa shape index (κ1) is 20.6. The molecular weight excluding hydrogens is 374 g/mol. The van der Waals surface area contributed by atoms with E-state index in [0.717, 1.165) is 12.8 Å². The molecule has 1 aliphatic heterocycles. The Morgan fingerprint density at radius 1 is 1.21 bits per heavy atom. The summed E-state index contributed by atoms with van der Waals surface area (Å²) in [6.45, 7) is 1.21. The van der Waals surface area contributed by atoms with Crippen molar-refractivity contribution in [3.8, 4) is 0 Å². The minimum absolute atomic E-state index is 0.103. The van der Waals surface area contributed by atoms with Crippen LogP contribution in [0.4, 0.5) is 0 Å². The lowest BCUT2D eigenvalue weighted by Crippen LogP contribution is -2.33. The highest BCUT2D eigenvalue weighted by atomic mass is 32.1. The summed E-state index contributed by atoms with van der Waals surface area (Å²) < 4.78 is 11.6. The molecule has 1 amide bonds. The van der Waals surface area contributed by atoms with Crippen LogP contribution in [0, 0.1) is 0 Å². The van der Waals surface area contributed by atoms with E-state index in [1.54, 1.807) is 11.3 Å². The van der Waals surface area contributed by atoms with Crippen LogP contribution in [-0.2, 0) is 20.7 Å². The van der Waals surface area contributed by atoms with Crippen LogP contribution < -0.4 is 5.32 Å². The number of hydrogen-bond donors (Lipinski definition) is 2. The molecule has 2 heterocycles. The minimum atomic E-state index is -0.453. The SMILES string of the molecule is O=C(NCCc1ccccc1)C1=C[C@@H](c2cccs2)C[C@@H](OCCCCO)O1. The quantitative estimate of drug-likeness (QED) is 0.597. The molecule has 2 aromatic rings. The molecule has 3 rings (SSSR count). The second kappa shape index (κ2) is 11.0. The fraction of sp³-hybridized carbons (Fsp3) is 0.409. The zero-order valence-electron chi connectivity index (χ0n) is 15.9. The van der Waals surface area contributed by atoms with Gasteiger partial charge in [-0.2, -0.15) is 0 Å². The van der Waals surface area contributed by atoms with Crippen LogP contribution in [0.2, 0.25) is 0 Å². The Kier molecular flexibility index (Phi) is 8.08. The van der Waals surface area contributed by atoms with E-state index in [2.05, 4.69) is 11.4 Å². The summed E-state index contributed by atoms with van der Waals surface area (Å²) in [6.07, 6.45) is 4.37. The molecule has 28 heavy (non-hydrogen) atoms. The predicted octanol–water partition coefficient (Wildman–Crippen LogP) is 3.61. The van der Waals surface area contributed by atoms with Crippen LogP contribution in [0.5, 0.6) is 0 Å². The standard InChI is InChI=1S/C22H27NO4S/c24-12-4-5-13-26-21-16-18(20-9-6-14-28-20)15-19(27-21)22(25)23-11-10-17-7-2-1-3-8-17/h1-3,6-9,14-15,18,21,24H,4-5,10-13,16H2,(H,23,25)/t18-,21+/m1/s1. The number of nitrogens with one attached hydrogen (secondary N) is 1. The van der Waals surface area contributed by atoms with E-state index < -0.39 is 6.29 Å². The van der Waals surface area contributed by atoms with Gasteiger partial charge in [-0.1, -0.05) is 36.4 Å². The summed E-state index contributed by atoms with van der Waals surface area (Å²) in [4.78, 5) is 13.8. The van der Waals surface area contributed by atoms with E-state index in [1.165, 1.54) is 10.4 Å². The molecule has 0 unspecified atom stereocenters. The monoisotopic (exact) mass is 401 g/mol. The van der Waals surface area contributed by atoms with Crippen LogP contribution >= 0.6 is 11.3 Å². The molecule has 0 bridgehead atoms. The van der Waals surface area contributed by atoms with Gasteiger partial charge in [0.1, 0.15) is 0 Å². The van der Waals surface area contributed by atoms with Gasteiger partial charge < -0.3 is 19.9 Å². The Balaban J connectivity index is 1.58. The van der Waals surface area contributed by atoms with Crippen LogP contribution in [0.25, 0.3) is 0 Å². The maximum atomic E-state index is 12.6. The maximum Gasteiger partial charge on any atom is 0.286 e. The van der Waals surface area contributed by atoms with E-state index in [1.807, 2.05) is 47.9 Å². The van der Waals surface area contributed by atoms with Crippen LogP contribution in [0.15, 0.2) is 59.7 Å². The molecule has 0 spiro atoms. The fourth-order valence-electron chi connectivity index (χ4n) is 3.10. The van der Waals surface area contributed by atoms with Crippen molar-refractivity contribution in [1.82, 2.24) is 5.32 Å². The number of aliphatic hydroxyl groups is 1. The maximum absolute atomic E-state index is 12.6. The van der Waals surface area contributed by atoms with Gasteiger partial charge in [0.25, 0.3) is 5.91 Å². The zero-order chi connectivity index (χ0) is 19.6. The number of ether oxygens (including phenoxy) is 2. The Morgan fingerprint density at radius 3 is 2.82 bits per heavy atom. The number of unbranched alkanes of at least 4 members (excludes halogenated alkanes) is 1. The van der Waals surface area contributed by atoms with Gasteiger partial charge >= 0.3 is 0 Å². The molecule has 2 N–H and O–H groups in total. The van der Waals surface area contributed by atoms with E-state index in [4.69, 9.17) is 14.6 Å². The van der Waals surface area contributed by atoms with Crippen molar-refractivity contribution in [3.05, 3.63) is 70.1 Å². The average molecular weight is 402 g/mol. The molecule has 2 atom stereocenters. The summed E-state index contributed by atoms with van der Waals surface area (Å²) in [5.74, 6) is 0.220. The molecule has 0 aliphatic carbocycles. The van der Waals surface area contributed by atoms with Gasteiger partial charge in [0.15, 0.2) is 5.76 Å². The first-order valence-corrected chi connectivity index (χ1v) is 10.6.